The Morgan fingerprint density at radius 3 is 2.63 bits per heavy atom. The molecule has 1 amide bonds. The number of anilines is 1. The molecule has 19 heavy (non-hydrogen) atoms. The van der Waals surface area contributed by atoms with Gasteiger partial charge in [0.1, 0.15) is 11.6 Å². The van der Waals surface area contributed by atoms with Gasteiger partial charge in [0.05, 0.1) is 10.2 Å². The number of phenols is 1. The second kappa shape index (κ2) is 5.40. The van der Waals surface area contributed by atoms with Gasteiger partial charge in [-0.15, -0.1) is 0 Å². The SMILES string of the molecule is Cc1ccc(NC(=O)c2ccc(F)c(Br)c2)c(O)c1. The van der Waals surface area contributed by atoms with Crippen LogP contribution in [0.1, 0.15) is 15.9 Å². The van der Waals surface area contributed by atoms with Crippen LogP contribution in [0.2, 0.25) is 0 Å². The van der Waals surface area contributed by atoms with Gasteiger partial charge in [0.25, 0.3) is 5.91 Å². The van der Waals surface area contributed by atoms with Gasteiger partial charge in [-0.1, -0.05) is 6.07 Å². The molecule has 0 unspecified atom stereocenters. The van der Waals surface area contributed by atoms with Crippen LogP contribution in [-0.4, -0.2) is 11.0 Å². The van der Waals surface area contributed by atoms with Crippen LogP contribution >= 0.6 is 15.9 Å². The number of hydrogen-bond acceptors (Lipinski definition) is 2. The van der Waals surface area contributed by atoms with Gasteiger partial charge in [-0.05, 0) is 58.7 Å². The topological polar surface area (TPSA) is 49.3 Å². The predicted octanol–water partition coefficient (Wildman–Crippen LogP) is 3.85. The molecule has 0 aliphatic carbocycles. The van der Waals surface area contributed by atoms with Gasteiger partial charge in [-0.2, -0.15) is 0 Å². The average molecular weight is 324 g/mol. The number of aromatic hydroxyl groups is 1. The Labute approximate surface area is 118 Å². The largest absolute Gasteiger partial charge is 0.506 e. The Kier molecular flexibility index (Phi) is 3.85. The number of hydrogen-bond donors (Lipinski definition) is 2. The van der Waals surface area contributed by atoms with E-state index in [1.807, 2.05) is 6.92 Å². The molecule has 0 aromatic heterocycles. The summed E-state index contributed by atoms with van der Waals surface area (Å²) >= 11 is 3.02. The highest BCUT2D eigenvalue weighted by Gasteiger charge is 2.10. The van der Waals surface area contributed by atoms with Crippen LogP contribution in [0.5, 0.6) is 5.75 Å². The van der Waals surface area contributed by atoms with Crippen molar-refractivity contribution in [3.05, 3.63) is 57.8 Å². The third-order valence-corrected chi connectivity index (χ3v) is 3.19. The molecule has 2 N–H and O–H groups in total. The number of carbonyl (C=O) groups excluding carboxylic acids is 1. The van der Waals surface area contributed by atoms with Crippen LogP contribution in [0.3, 0.4) is 0 Å². The highest BCUT2D eigenvalue weighted by molar-refractivity contribution is 9.10. The van der Waals surface area contributed by atoms with Crippen molar-refractivity contribution in [3.8, 4) is 5.75 Å². The van der Waals surface area contributed by atoms with Gasteiger partial charge in [-0.3, -0.25) is 4.79 Å². The molecular formula is C14H11BrFNO2. The van der Waals surface area contributed by atoms with Crippen LogP contribution in [0.4, 0.5) is 10.1 Å². The van der Waals surface area contributed by atoms with E-state index in [9.17, 15) is 14.3 Å². The van der Waals surface area contributed by atoms with Crippen molar-refractivity contribution in [2.24, 2.45) is 0 Å². The molecule has 0 atom stereocenters. The van der Waals surface area contributed by atoms with E-state index >= 15 is 0 Å². The highest BCUT2D eigenvalue weighted by Crippen LogP contribution is 2.25. The minimum atomic E-state index is -0.435. The third kappa shape index (κ3) is 3.12. The fourth-order valence-corrected chi connectivity index (χ4v) is 1.96. The molecule has 98 valence electrons. The van der Waals surface area contributed by atoms with Gasteiger partial charge in [0, 0.05) is 5.56 Å². The first-order chi connectivity index (χ1) is 8.97. The summed E-state index contributed by atoms with van der Waals surface area (Å²) in [6, 6.07) is 8.90. The molecule has 0 radical (unpaired) electrons. The van der Waals surface area contributed by atoms with E-state index in [1.54, 1.807) is 18.2 Å². The van der Waals surface area contributed by atoms with Crippen LogP contribution in [-0.2, 0) is 0 Å². The number of amides is 1. The Morgan fingerprint density at radius 2 is 2.00 bits per heavy atom. The Morgan fingerprint density at radius 1 is 1.26 bits per heavy atom. The number of aryl methyl sites for hydroxylation is 1. The lowest BCUT2D eigenvalue weighted by atomic mass is 10.2. The predicted molar refractivity (Wildman–Crippen MR) is 74.9 cm³/mol. The summed E-state index contributed by atoms with van der Waals surface area (Å²) in [5, 5.41) is 12.3. The fraction of sp³-hybridized carbons (Fsp3) is 0.0714. The zero-order valence-electron chi connectivity index (χ0n) is 10.1. The van der Waals surface area contributed by atoms with E-state index in [2.05, 4.69) is 21.2 Å². The molecule has 5 heteroatoms. The minimum absolute atomic E-state index is 0.00507. The zero-order valence-corrected chi connectivity index (χ0v) is 11.7. The second-order valence-electron chi connectivity index (χ2n) is 4.10. The minimum Gasteiger partial charge on any atom is -0.506 e. The molecule has 3 nitrogen and oxygen atoms in total. The molecule has 0 heterocycles. The van der Waals surface area contributed by atoms with Crippen molar-refractivity contribution in [1.82, 2.24) is 0 Å². The van der Waals surface area contributed by atoms with Crippen molar-refractivity contribution >= 4 is 27.5 Å². The van der Waals surface area contributed by atoms with E-state index in [1.165, 1.54) is 18.2 Å². The number of rotatable bonds is 2. The first-order valence-electron chi connectivity index (χ1n) is 5.53. The molecular weight excluding hydrogens is 313 g/mol. The van der Waals surface area contributed by atoms with Crippen molar-refractivity contribution < 1.29 is 14.3 Å². The van der Waals surface area contributed by atoms with Crippen molar-refractivity contribution in [1.29, 1.82) is 0 Å². The Balaban J connectivity index is 2.23. The molecule has 0 fully saturated rings. The summed E-state index contributed by atoms with van der Waals surface area (Å²) in [6.45, 7) is 1.84. The molecule has 2 aromatic rings. The number of nitrogens with one attached hydrogen (secondary N) is 1. The fourth-order valence-electron chi connectivity index (χ4n) is 1.58. The average Bonchev–Trinajstić information content (AvgIpc) is 2.36. The Bertz CT molecular complexity index is 643. The summed E-state index contributed by atoms with van der Waals surface area (Å²) in [5.41, 5.74) is 1.50. The van der Waals surface area contributed by atoms with Gasteiger partial charge in [0.2, 0.25) is 0 Å². The summed E-state index contributed by atoms with van der Waals surface area (Å²) in [5.74, 6) is -0.857. The molecule has 0 aliphatic rings. The zero-order chi connectivity index (χ0) is 14.0. The monoisotopic (exact) mass is 323 g/mol. The maximum atomic E-state index is 13.1. The molecule has 0 bridgehead atoms. The third-order valence-electron chi connectivity index (χ3n) is 2.58. The maximum Gasteiger partial charge on any atom is 0.255 e. The first kappa shape index (κ1) is 13.5. The number of halogens is 2. The standard InChI is InChI=1S/C14H11BrFNO2/c1-8-2-5-12(13(18)6-8)17-14(19)9-3-4-11(16)10(15)7-9/h2-7,18H,1H3,(H,17,19). The number of carbonyl (C=O) groups is 1. The van der Waals surface area contributed by atoms with E-state index in [4.69, 9.17) is 0 Å². The lowest BCUT2D eigenvalue weighted by Crippen LogP contribution is -2.12. The molecule has 2 aromatic carbocycles. The van der Waals surface area contributed by atoms with Gasteiger partial charge < -0.3 is 10.4 Å². The van der Waals surface area contributed by atoms with Crippen LogP contribution in [0, 0.1) is 12.7 Å². The number of benzene rings is 2. The quantitative estimate of drug-likeness (QED) is 0.824. The highest BCUT2D eigenvalue weighted by atomic mass is 79.9. The van der Waals surface area contributed by atoms with Gasteiger partial charge in [-0.25, -0.2) is 4.39 Å². The second-order valence-corrected chi connectivity index (χ2v) is 4.96. The van der Waals surface area contributed by atoms with Gasteiger partial charge in [0.15, 0.2) is 0 Å². The number of phenolic OH excluding ortho intramolecular Hbond substituents is 1. The molecule has 0 saturated carbocycles. The summed E-state index contributed by atoms with van der Waals surface area (Å²) in [6.07, 6.45) is 0. The Hall–Kier alpha value is -1.88. The van der Waals surface area contributed by atoms with Crippen molar-refractivity contribution in [3.63, 3.8) is 0 Å². The summed E-state index contributed by atoms with van der Waals surface area (Å²) in [4.78, 5) is 11.9. The van der Waals surface area contributed by atoms with Crippen LogP contribution in [0.25, 0.3) is 0 Å². The first-order valence-corrected chi connectivity index (χ1v) is 6.32. The maximum absolute atomic E-state index is 13.1. The summed E-state index contributed by atoms with van der Waals surface area (Å²) in [7, 11) is 0. The smallest absolute Gasteiger partial charge is 0.255 e. The lowest BCUT2D eigenvalue weighted by molar-refractivity contribution is 0.102. The molecule has 0 spiro atoms. The normalized spacial score (nSPS) is 10.3. The lowest BCUT2D eigenvalue weighted by Gasteiger charge is -2.08. The van der Waals surface area contributed by atoms with Gasteiger partial charge >= 0.3 is 0 Å². The van der Waals surface area contributed by atoms with E-state index in [0.29, 0.717) is 11.3 Å². The van der Waals surface area contributed by atoms with E-state index in [0.717, 1.165) is 5.56 Å². The summed E-state index contributed by atoms with van der Waals surface area (Å²) < 4.78 is 13.3. The van der Waals surface area contributed by atoms with E-state index < -0.39 is 11.7 Å². The molecule has 2 rings (SSSR count). The molecule has 0 saturated heterocycles. The van der Waals surface area contributed by atoms with E-state index in [-0.39, 0.29) is 10.2 Å². The van der Waals surface area contributed by atoms with Crippen molar-refractivity contribution in [2.75, 3.05) is 5.32 Å². The van der Waals surface area contributed by atoms with Crippen molar-refractivity contribution in [2.45, 2.75) is 6.92 Å². The van der Waals surface area contributed by atoms with Crippen LogP contribution in [0.15, 0.2) is 40.9 Å². The van der Waals surface area contributed by atoms with Crippen LogP contribution < -0.4 is 5.32 Å². The molecule has 0 aliphatic heterocycles.